The Bertz CT molecular complexity index is 958. The first kappa shape index (κ1) is 29.0. The Morgan fingerprint density at radius 2 is 1.68 bits per heavy atom. The van der Waals surface area contributed by atoms with E-state index < -0.39 is 23.8 Å². The molecule has 3 rings (SSSR count). The quantitative estimate of drug-likeness (QED) is 0.442. The minimum absolute atomic E-state index is 0.0228. The predicted molar refractivity (Wildman–Crippen MR) is 146 cm³/mol. The molecule has 3 amide bonds. The number of nitrogens with zero attached hydrogens (tertiary/aromatic N) is 1. The number of benzene rings is 1. The number of carbonyl (C=O) groups is 3. The van der Waals surface area contributed by atoms with Gasteiger partial charge in [-0.15, -0.1) is 0 Å². The molecule has 0 radical (unpaired) electrons. The van der Waals surface area contributed by atoms with Gasteiger partial charge in [-0.2, -0.15) is 0 Å². The van der Waals surface area contributed by atoms with E-state index in [2.05, 4.69) is 16.7 Å². The van der Waals surface area contributed by atoms with Crippen LogP contribution in [-0.4, -0.2) is 46.5 Å². The monoisotopic (exact) mass is 513 g/mol. The molecule has 0 aliphatic heterocycles. The third-order valence-corrected chi connectivity index (χ3v) is 7.09. The molecule has 0 saturated heterocycles. The van der Waals surface area contributed by atoms with Gasteiger partial charge >= 0.3 is 6.09 Å². The highest BCUT2D eigenvalue weighted by atomic mass is 16.6. The van der Waals surface area contributed by atoms with E-state index in [0.717, 1.165) is 55.2 Å². The summed E-state index contributed by atoms with van der Waals surface area (Å²) in [6, 6.07) is 4.66. The van der Waals surface area contributed by atoms with Crippen molar-refractivity contribution in [2.45, 2.75) is 130 Å². The van der Waals surface area contributed by atoms with Crippen LogP contribution < -0.4 is 10.6 Å². The van der Waals surface area contributed by atoms with Crippen molar-refractivity contribution in [1.29, 1.82) is 0 Å². The lowest BCUT2D eigenvalue weighted by Crippen LogP contribution is -2.55. The molecule has 2 aliphatic rings. The number of ether oxygens (including phenoxy) is 1. The highest BCUT2D eigenvalue weighted by Gasteiger charge is 2.45. The average Bonchev–Trinajstić information content (AvgIpc) is 3.61. The molecule has 7 nitrogen and oxygen atoms in total. The van der Waals surface area contributed by atoms with Crippen LogP contribution in [0.4, 0.5) is 4.79 Å². The largest absolute Gasteiger partial charge is 0.444 e. The number of nitrogens with one attached hydrogen (secondary N) is 2. The van der Waals surface area contributed by atoms with Gasteiger partial charge in [-0.3, -0.25) is 9.59 Å². The molecule has 206 valence electrons. The summed E-state index contributed by atoms with van der Waals surface area (Å²) in [6.45, 7) is 13.5. The molecule has 2 N–H and O–H groups in total. The molecule has 0 aromatic heterocycles. The van der Waals surface area contributed by atoms with E-state index in [1.807, 2.05) is 39.8 Å². The third kappa shape index (κ3) is 8.47. The first-order valence-electron chi connectivity index (χ1n) is 14.0. The van der Waals surface area contributed by atoms with Crippen LogP contribution in [0.1, 0.15) is 109 Å². The standard InChI is InChI=1S/C30H47N3O4/c1-19(2)17-25(32-29(36)37-30(5,6)7)28(35)33(23-14-15-23)26(24-16-13-20(3)18-21(24)4)27(34)31-22-11-9-8-10-12-22/h13,16,18-19,22-23,25-26H,8-12,14-15,17H2,1-7H3,(H,31,34)(H,32,36). The lowest BCUT2D eigenvalue weighted by Gasteiger charge is -2.37. The zero-order valence-electron chi connectivity index (χ0n) is 23.9. The number of hydrogen-bond acceptors (Lipinski definition) is 4. The number of alkyl carbamates (subject to hydrolysis) is 1. The van der Waals surface area contributed by atoms with Gasteiger partial charge in [-0.05, 0) is 83.8 Å². The lowest BCUT2D eigenvalue weighted by molar-refractivity contribution is -0.144. The van der Waals surface area contributed by atoms with Gasteiger partial charge in [0.1, 0.15) is 17.7 Å². The third-order valence-electron chi connectivity index (χ3n) is 7.09. The maximum absolute atomic E-state index is 14.2. The summed E-state index contributed by atoms with van der Waals surface area (Å²) in [4.78, 5) is 42.7. The number of carbonyl (C=O) groups excluding carboxylic acids is 3. The molecule has 37 heavy (non-hydrogen) atoms. The number of rotatable bonds is 9. The van der Waals surface area contributed by atoms with Gasteiger partial charge in [0.25, 0.3) is 0 Å². The van der Waals surface area contributed by atoms with Crippen molar-refractivity contribution in [3.63, 3.8) is 0 Å². The van der Waals surface area contributed by atoms with Gasteiger partial charge in [0.05, 0.1) is 0 Å². The van der Waals surface area contributed by atoms with Crippen LogP contribution in [0.25, 0.3) is 0 Å². The van der Waals surface area contributed by atoms with Crippen LogP contribution in [0.5, 0.6) is 0 Å². The molecule has 7 heteroatoms. The molecule has 0 heterocycles. The Morgan fingerprint density at radius 3 is 2.22 bits per heavy atom. The SMILES string of the molecule is Cc1ccc(C(C(=O)NC2CCCCC2)N(C(=O)C(CC(C)C)NC(=O)OC(C)(C)C)C2CC2)c(C)c1. The van der Waals surface area contributed by atoms with Crippen LogP contribution in [0.2, 0.25) is 0 Å². The fourth-order valence-electron chi connectivity index (χ4n) is 5.27. The zero-order chi connectivity index (χ0) is 27.3. The summed E-state index contributed by atoms with van der Waals surface area (Å²) >= 11 is 0. The summed E-state index contributed by atoms with van der Waals surface area (Å²) in [5, 5.41) is 6.12. The van der Waals surface area contributed by atoms with E-state index in [1.165, 1.54) is 6.42 Å². The molecule has 0 spiro atoms. The summed E-state index contributed by atoms with van der Waals surface area (Å²) in [5.74, 6) is -0.175. The minimum Gasteiger partial charge on any atom is -0.444 e. The number of hydrogen-bond donors (Lipinski definition) is 2. The van der Waals surface area contributed by atoms with Crippen molar-refractivity contribution in [3.8, 4) is 0 Å². The second-order valence-electron chi connectivity index (χ2n) is 12.4. The summed E-state index contributed by atoms with van der Waals surface area (Å²) in [6.07, 6.45) is 6.92. The van der Waals surface area contributed by atoms with Crippen molar-refractivity contribution in [3.05, 3.63) is 34.9 Å². The Hall–Kier alpha value is -2.57. The van der Waals surface area contributed by atoms with Gasteiger partial charge in [0.15, 0.2) is 0 Å². The Labute approximate surface area is 223 Å². The summed E-state index contributed by atoms with van der Waals surface area (Å²) in [5.41, 5.74) is 2.27. The minimum atomic E-state index is -0.772. The number of aryl methyl sites for hydroxylation is 2. The fourth-order valence-corrected chi connectivity index (χ4v) is 5.27. The van der Waals surface area contributed by atoms with Gasteiger partial charge in [0.2, 0.25) is 11.8 Å². The molecule has 0 bridgehead atoms. The summed E-state index contributed by atoms with van der Waals surface area (Å²) in [7, 11) is 0. The van der Waals surface area contributed by atoms with Gasteiger partial charge in [0, 0.05) is 12.1 Å². The maximum atomic E-state index is 14.2. The first-order valence-corrected chi connectivity index (χ1v) is 14.0. The molecule has 2 unspecified atom stereocenters. The second kappa shape index (κ2) is 12.3. The fraction of sp³-hybridized carbons (Fsp3) is 0.700. The lowest BCUT2D eigenvalue weighted by atomic mass is 9.93. The molecule has 2 saturated carbocycles. The Kier molecular flexibility index (Phi) is 9.65. The first-order chi connectivity index (χ1) is 17.4. The van der Waals surface area contributed by atoms with Crippen LogP contribution >= 0.6 is 0 Å². The van der Waals surface area contributed by atoms with E-state index in [9.17, 15) is 14.4 Å². The van der Waals surface area contributed by atoms with Crippen molar-refractivity contribution in [1.82, 2.24) is 15.5 Å². The average molecular weight is 514 g/mol. The number of amides is 3. The van der Waals surface area contributed by atoms with E-state index >= 15 is 0 Å². The molecule has 1 aromatic carbocycles. The zero-order valence-corrected chi connectivity index (χ0v) is 23.9. The van der Waals surface area contributed by atoms with Crippen LogP contribution in [0.15, 0.2) is 18.2 Å². The van der Waals surface area contributed by atoms with Crippen molar-refractivity contribution in [2.75, 3.05) is 0 Å². The Morgan fingerprint density at radius 1 is 1.03 bits per heavy atom. The van der Waals surface area contributed by atoms with Crippen molar-refractivity contribution >= 4 is 17.9 Å². The van der Waals surface area contributed by atoms with Gasteiger partial charge < -0.3 is 20.3 Å². The topological polar surface area (TPSA) is 87.7 Å². The highest BCUT2D eigenvalue weighted by molar-refractivity contribution is 5.93. The maximum Gasteiger partial charge on any atom is 0.408 e. The molecular weight excluding hydrogens is 466 g/mol. The van der Waals surface area contributed by atoms with Gasteiger partial charge in [-0.1, -0.05) is 56.9 Å². The summed E-state index contributed by atoms with van der Waals surface area (Å²) < 4.78 is 5.48. The molecule has 2 fully saturated rings. The van der Waals surface area contributed by atoms with E-state index in [1.54, 1.807) is 25.7 Å². The van der Waals surface area contributed by atoms with Gasteiger partial charge in [-0.25, -0.2) is 4.79 Å². The van der Waals surface area contributed by atoms with Crippen molar-refractivity contribution in [2.24, 2.45) is 5.92 Å². The van der Waals surface area contributed by atoms with E-state index in [4.69, 9.17) is 4.74 Å². The van der Waals surface area contributed by atoms with Crippen LogP contribution in [-0.2, 0) is 14.3 Å². The van der Waals surface area contributed by atoms with Crippen LogP contribution in [0.3, 0.4) is 0 Å². The molecular formula is C30H47N3O4. The molecule has 2 aliphatic carbocycles. The van der Waals surface area contributed by atoms with E-state index in [-0.39, 0.29) is 29.8 Å². The molecule has 2 atom stereocenters. The molecule has 1 aromatic rings. The smallest absolute Gasteiger partial charge is 0.408 e. The normalized spacial score (nSPS) is 18.2. The van der Waals surface area contributed by atoms with Crippen LogP contribution in [0, 0.1) is 19.8 Å². The Balaban J connectivity index is 1.96. The highest BCUT2D eigenvalue weighted by Crippen LogP contribution is 2.37. The predicted octanol–water partition coefficient (Wildman–Crippen LogP) is 5.72. The van der Waals surface area contributed by atoms with E-state index in [0.29, 0.717) is 6.42 Å². The van der Waals surface area contributed by atoms with Crippen molar-refractivity contribution < 1.29 is 19.1 Å². The second-order valence-corrected chi connectivity index (χ2v) is 12.4.